The summed E-state index contributed by atoms with van der Waals surface area (Å²) >= 11 is 0. The van der Waals surface area contributed by atoms with Gasteiger partial charge in [-0.1, -0.05) is 0 Å². The van der Waals surface area contributed by atoms with Gasteiger partial charge in [-0.3, -0.25) is 4.90 Å². The fraction of sp³-hybridized carbons (Fsp3) is 1.00. The third-order valence-corrected chi connectivity index (χ3v) is 3.60. The Labute approximate surface area is 73.1 Å². The van der Waals surface area contributed by atoms with Crippen molar-refractivity contribution in [3.63, 3.8) is 0 Å². The van der Waals surface area contributed by atoms with Gasteiger partial charge in [0.15, 0.2) is 0 Å². The second-order valence-corrected chi connectivity index (χ2v) is 4.52. The van der Waals surface area contributed by atoms with Crippen molar-refractivity contribution in [2.24, 2.45) is 5.41 Å². The van der Waals surface area contributed by atoms with E-state index in [-0.39, 0.29) is 0 Å². The van der Waals surface area contributed by atoms with E-state index in [9.17, 15) is 0 Å². The highest BCUT2D eigenvalue weighted by Crippen LogP contribution is 2.35. The average molecular weight is 168 g/mol. The predicted molar refractivity (Wildman–Crippen MR) is 46.1 cm³/mol. The molecule has 12 heavy (non-hydrogen) atoms. The van der Waals surface area contributed by atoms with Gasteiger partial charge in [-0.2, -0.15) is 0 Å². The molecule has 1 N–H and O–H groups in total. The summed E-state index contributed by atoms with van der Waals surface area (Å²) in [6.45, 7) is 7.06. The molecule has 0 atom stereocenters. The van der Waals surface area contributed by atoms with Crippen molar-refractivity contribution in [3.05, 3.63) is 0 Å². The Bertz CT molecular complexity index is 187. The van der Waals surface area contributed by atoms with E-state index in [1.807, 2.05) is 0 Å². The lowest BCUT2D eigenvalue weighted by molar-refractivity contribution is -0.0616. The van der Waals surface area contributed by atoms with Gasteiger partial charge in [0, 0.05) is 25.0 Å². The van der Waals surface area contributed by atoms with Crippen LogP contribution in [0.3, 0.4) is 0 Å². The number of nitrogens with one attached hydrogen (secondary N) is 1. The van der Waals surface area contributed by atoms with Gasteiger partial charge in [0.05, 0.1) is 19.3 Å². The molecule has 0 aromatic rings. The molecule has 3 nitrogen and oxygen atoms in total. The number of likely N-dealkylation sites (tertiary alicyclic amines) is 1. The Kier molecular flexibility index (Phi) is 1.48. The first-order chi connectivity index (χ1) is 5.88. The summed E-state index contributed by atoms with van der Waals surface area (Å²) < 4.78 is 5.21. The lowest BCUT2D eigenvalue weighted by Gasteiger charge is -2.41. The SMILES string of the molecule is C1OCC1N1CCC2(CNC2)C1. The van der Waals surface area contributed by atoms with E-state index < -0.39 is 0 Å². The minimum absolute atomic E-state index is 0.662. The summed E-state index contributed by atoms with van der Waals surface area (Å²) in [5.41, 5.74) is 0.662. The van der Waals surface area contributed by atoms with Crippen LogP contribution in [0.2, 0.25) is 0 Å². The Balaban J connectivity index is 1.62. The molecule has 3 aliphatic rings. The van der Waals surface area contributed by atoms with E-state index in [1.165, 1.54) is 32.6 Å². The van der Waals surface area contributed by atoms with Crippen molar-refractivity contribution in [1.82, 2.24) is 10.2 Å². The summed E-state index contributed by atoms with van der Waals surface area (Å²) in [6.07, 6.45) is 1.40. The van der Waals surface area contributed by atoms with Gasteiger partial charge in [0.1, 0.15) is 0 Å². The minimum Gasteiger partial charge on any atom is -0.378 e. The number of hydrogen-bond acceptors (Lipinski definition) is 3. The quantitative estimate of drug-likeness (QED) is 0.581. The van der Waals surface area contributed by atoms with E-state index in [1.54, 1.807) is 0 Å². The molecule has 3 rings (SSSR count). The number of hydrogen-bond donors (Lipinski definition) is 1. The van der Waals surface area contributed by atoms with Crippen LogP contribution in [0.4, 0.5) is 0 Å². The molecule has 0 aliphatic carbocycles. The Morgan fingerprint density at radius 3 is 2.58 bits per heavy atom. The zero-order chi connectivity index (χ0) is 8.02. The van der Waals surface area contributed by atoms with Crippen LogP contribution in [0.25, 0.3) is 0 Å². The second-order valence-electron chi connectivity index (χ2n) is 4.52. The van der Waals surface area contributed by atoms with Gasteiger partial charge in [-0.25, -0.2) is 0 Å². The zero-order valence-electron chi connectivity index (χ0n) is 7.38. The Morgan fingerprint density at radius 1 is 1.33 bits per heavy atom. The first-order valence-corrected chi connectivity index (χ1v) is 4.91. The standard InChI is InChI=1S/C9H16N2O/c1-2-11(8-3-12-4-8)7-9(1)5-10-6-9/h8,10H,1-7H2. The summed E-state index contributed by atoms with van der Waals surface area (Å²) in [7, 11) is 0. The smallest absolute Gasteiger partial charge is 0.0645 e. The van der Waals surface area contributed by atoms with Gasteiger partial charge >= 0.3 is 0 Å². The fourth-order valence-electron chi connectivity index (χ4n) is 2.48. The molecular formula is C9H16N2O. The molecule has 0 unspecified atom stereocenters. The molecule has 0 aromatic heterocycles. The number of ether oxygens (including phenoxy) is 1. The molecular weight excluding hydrogens is 152 g/mol. The van der Waals surface area contributed by atoms with Gasteiger partial charge < -0.3 is 10.1 Å². The molecule has 3 saturated heterocycles. The largest absolute Gasteiger partial charge is 0.378 e. The van der Waals surface area contributed by atoms with Crippen LogP contribution >= 0.6 is 0 Å². The van der Waals surface area contributed by atoms with Gasteiger partial charge in [0.2, 0.25) is 0 Å². The van der Waals surface area contributed by atoms with E-state index in [4.69, 9.17) is 4.74 Å². The molecule has 3 heterocycles. The van der Waals surface area contributed by atoms with Crippen molar-refractivity contribution in [2.75, 3.05) is 39.4 Å². The maximum atomic E-state index is 5.21. The van der Waals surface area contributed by atoms with Crippen LogP contribution in [0, 0.1) is 5.41 Å². The molecule has 0 aromatic carbocycles. The highest BCUT2D eigenvalue weighted by atomic mass is 16.5. The van der Waals surface area contributed by atoms with E-state index in [2.05, 4.69) is 10.2 Å². The molecule has 0 amide bonds. The normalized spacial score (nSPS) is 35.0. The maximum absolute atomic E-state index is 5.21. The lowest BCUT2D eigenvalue weighted by Crippen LogP contribution is -2.56. The molecule has 68 valence electrons. The summed E-state index contributed by atoms with van der Waals surface area (Å²) in [5.74, 6) is 0. The van der Waals surface area contributed by atoms with Crippen LogP contribution in [-0.4, -0.2) is 50.3 Å². The third-order valence-electron chi connectivity index (χ3n) is 3.60. The first kappa shape index (κ1) is 7.30. The van der Waals surface area contributed by atoms with Crippen LogP contribution in [0.5, 0.6) is 0 Å². The molecule has 0 bridgehead atoms. The highest BCUT2D eigenvalue weighted by Gasteiger charge is 2.45. The zero-order valence-corrected chi connectivity index (χ0v) is 7.38. The van der Waals surface area contributed by atoms with Crippen LogP contribution in [0.15, 0.2) is 0 Å². The number of rotatable bonds is 1. The van der Waals surface area contributed by atoms with Crippen molar-refractivity contribution < 1.29 is 4.74 Å². The van der Waals surface area contributed by atoms with Crippen molar-refractivity contribution in [3.8, 4) is 0 Å². The fourth-order valence-corrected chi connectivity index (χ4v) is 2.48. The molecule has 3 aliphatic heterocycles. The predicted octanol–water partition coefficient (Wildman–Crippen LogP) is -0.319. The van der Waals surface area contributed by atoms with E-state index in [0.29, 0.717) is 5.41 Å². The molecule has 0 radical (unpaired) electrons. The monoisotopic (exact) mass is 168 g/mol. The molecule has 0 saturated carbocycles. The van der Waals surface area contributed by atoms with E-state index in [0.717, 1.165) is 19.3 Å². The minimum atomic E-state index is 0.662. The summed E-state index contributed by atoms with van der Waals surface area (Å²) in [5, 5.41) is 3.38. The number of nitrogens with zero attached hydrogens (tertiary/aromatic N) is 1. The van der Waals surface area contributed by atoms with Crippen LogP contribution in [-0.2, 0) is 4.74 Å². The summed E-state index contributed by atoms with van der Waals surface area (Å²) in [4.78, 5) is 2.62. The summed E-state index contributed by atoms with van der Waals surface area (Å²) in [6, 6.07) is 0.755. The Morgan fingerprint density at radius 2 is 2.17 bits per heavy atom. The first-order valence-electron chi connectivity index (χ1n) is 4.91. The van der Waals surface area contributed by atoms with Crippen molar-refractivity contribution >= 4 is 0 Å². The molecule has 1 spiro atoms. The van der Waals surface area contributed by atoms with Crippen molar-refractivity contribution in [1.29, 1.82) is 0 Å². The van der Waals surface area contributed by atoms with Crippen LogP contribution in [0.1, 0.15) is 6.42 Å². The maximum Gasteiger partial charge on any atom is 0.0645 e. The van der Waals surface area contributed by atoms with Gasteiger partial charge in [-0.05, 0) is 13.0 Å². The van der Waals surface area contributed by atoms with Gasteiger partial charge in [0.25, 0.3) is 0 Å². The van der Waals surface area contributed by atoms with Crippen LogP contribution < -0.4 is 5.32 Å². The lowest BCUT2D eigenvalue weighted by atomic mass is 9.81. The van der Waals surface area contributed by atoms with E-state index >= 15 is 0 Å². The molecule has 3 fully saturated rings. The van der Waals surface area contributed by atoms with Crippen molar-refractivity contribution in [2.45, 2.75) is 12.5 Å². The average Bonchev–Trinajstić information content (AvgIpc) is 2.27. The topological polar surface area (TPSA) is 24.5 Å². The molecule has 3 heteroatoms. The third kappa shape index (κ3) is 0.934. The second kappa shape index (κ2) is 2.44. The highest BCUT2D eigenvalue weighted by molar-refractivity contribution is 5.01. The Hall–Kier alpha value is -0.120. The van der Waals surface area contributed by atoms with Gasteiger partial charge in [-0.15, -0.1) is 0 Å².